The van der Waals surface area contributed by atoms with Gasteiger partial charge in [0.2, 0.25) is 0 Å². The lowest BCUT2D eigenvalue weighted by Crippen LogP contribution is -2.25. The Hall–Kier alpha value is -2.37. The number of amides is 1. The average molecular weight is 219 g/mol. The van der Waals surface area contributed by atoms with Crippen LogP contribution in [0.25, 0.3) is 0 Å². The molecule has 0 unspecified atom stereocenters. The van der Waals surface area contributed by atoms with Gasteiger partial charge in [0.1, 0.15) is 11.5 Å². The molecular weight excluding hydrogens is 210 g/mol. The maximum Gasteiger partial charge on any atom is 0.270 e. The van der Waals surface area contributed by atoms with Gasteiger partial charge in [0, 0.05) is 6.07 Å². The van der Waals surface area contributed by atoms with Crippen molar-refractivity contribution in [3.63, 3.8) is 0 Å². The molecule has 1 amide bonds. The van der Waals surface area contributed by atoms with E-state index in [0.717, 1.165) is 6.07 Å². The van der Waals surface area contributed by atoms with Crippen molar-refractivity contribution in [3.8, 4) is 0 Å². The van der Waals surface area contributed by atoms with E-state index in [2.05, 4.69) is 15.3 Å². The first-order valence-electron chi connectivity index (χ1n) is 4.61. The summed E-state index contributed by atoms with van der Waals surface area (Å²) in [7, 11) is 0. The first-order chi connectivity index (χ1) is 7.75. The van der Waals surface area contributed by atoms with Crippen LogP contribution in [0.1, 0.15) is 16.2 Å². The molecule has 2 aromatic heterocycles. The highest BCUT2D eigenvalue weighted by atomic mass is 16.3. The van der Waals surface area contributed by atoms with Crippen molar-refractivity contribution in [1.82, 2.24) is 15.3 Å². The molecule has 2 rings (SSSR count). The van der Waals surface area contributed by atoms with E-state index in [0.29, 0.717) is 5.76 Å². The zero-order valence-electron chi connectivity index (χ0n) is 8.27. The van der Waals surface area contributed by atoms with Crippen molar-refractivity contribution < 1.29 is 9.21 Å². The molecular formula is C10H9N3O3. The number of hydrogen-bond donors (Lipinski definition) is 2. The first kappa shape index (κ1) is 10.2. The number of aromatic nitrogens is 2. The molecule has 2 N–H and O–H groups in total. The van der Waals surface area contributed by atoms with Crippen molar-refractivity contribution in [3.05, 3.63) is 52.6 Å². The maximum atomic E-state index is 11.5. The second-order valence-corrected chi connectivity index (χ2v) is 3.06. The van der Waals surface area contributed by atoms with E-state index in [1.54, 1.807) is 12.1 Å². The normalized spacial score (nSPS) is 10.0. The SMILES string of the molecule is O=C(NCc1ccco1)c1cc(=O)[nH]cn1. The zero-order chi connectivity index (χ0) is 11.4. The quantitative estimate of drug-likeness (QED) is 0.776. The molecule has 2 aromatic rings. The first-order valence-corrected chi connectivity index (χ1v) is 4.61. The zero-order valence-corrected chi connectivity index (χ0v) is 8.27. The minimum Gasteiger partial charge on any atom is -0.467 e. The molecule has 16 heavy (non-hydrogen) atoms. The molecule has 0 aliphatic heterocycles. The van der Waals surface area contributed by atoms with Crippen LogP contribution < -0.4 is 10.9 Å². The van der Waals surface area contributed by atoms with Gasteiger partial charge in [0.15, 0.2) is 0 Å². The number of hydrogen-bond acceptors (Lipinski definition) is 4. The maximum absolute atomic E-state index is 11.5. The van der Waals surface area contributed by atoms with Crippen LogP contribution in [0.5, 0.6) is 0 Å². The lowest BCUT2D eigenvalue weighted by Gasteiger charge is -2.01. The average Bonchev–Trinajstić information content (AvgIpc) is 2.78. The van der Waals surface area contributed by atoms with E-state index < -0.39 is 5.91 Å². The molecule has 0 radical (unpaired) electrons. The van der Waals surface area contributed by atoms with Crippen molar-refractivity contribution in [2.24, 2.45) is 0 Å². The second-order valence-electron chi connectivity index (χ2n) is 3.06. The van der Waals surface area contributed by atoms with E-state index in [9.17, 15) is 9.59 Å². The number of nitrogens with zero attached hydrogens (tertiary/aromatic N) is 1. The van der Waals surface area contributed by atoms with Gasteiger partial charge in [0.05, 0.1) is 19.1 Å². The van der Waals surface area contributed by atoms with Crippen LogP contribution in [0.2, 0.25) is 0 Å². The van der Waals surface area contributed by atoms with Gasteiger partial charge in [0.25, 0.3) is 11.5 Å². The molecule has 0 atom stereocenters. The third-order valence-electron chi connectivity index (χ3n) is 1.91. The Morgan fingerprint density at radius 3 is 3.12 bits per heavy atom. The van der Waals surface area contributed by atoms with Crippen LogP contribution in [0.3, 0.4) is 0 Å². The van der Waals surface area contributed by atoms with Crippen LogP contribution in [0.4, 0.5) is 0 Å². The highest BCUT2D eigenvalue weighted by molar-refractivity contribution is 5.91. The summed E-state index contributed by atoms with van der Waals surface area (Å²) >= 11 is 0. The molecule has 6 nitrogen and oxygen atoms in total. The van der Waals surface area contributed by atoms with Gasteiger partial charge in [-0.1, -0.05) is 0 Å². The molecule has 0 spiro atoms. The molecule has 0 bridgehead atoms. The number of aromatic amines is 1. The Labute approximate surface area is 90.3 Å². The molecule has 6 heteroatoms. The number of nitrogens with one attached hydrogen (secondary N) is 2. The Morgan fingerprint density at radius 1 is 1.56 bits per heavy atom. The second kappa shape index (κ2) is 4.43. The Morgan fingerprint density at radius 2 is 2.44 bits per heavy atom. The monoisotopic (exact) mass is 219 g/mol. The van der Waals surface area contributed by atoms with Crippen LogP contribution >= 0.6 is 0 Å². The summed E-state index contributed by atoms with van der Waals surface area (Å²) in [5.74, 6) is 0.223. The van der Waals surface area contributed by atoms with Crippen molar-refractivity contribution >= 4 is 5.91 Å². The molecule has 0 aromatic carbocycles. The Balaban J connectivity index is 2.01. The summed E-state index contributed by atoms with van der Waals surface area (Å²) in [6, 6.07) is 4.61. The van der Waals surface area contributed by atoms with Crippen LogP contribution in [-0.2, 0) is 6.54 Å². The fraction of sp³-hybridized carbons (Fsp3) is 0.100. The van der Waals surface area contributed by atoms with Crippen molar-refractivity contribution in [2.45, 2.75) is 6.54 Å². The minimum absolute atomic E-state index is 0.0790. The number of carbonyl (C=O) groups is 1. The standard InChI is InChI=1S/C10H9N3O3/c14-9-4-8(12-6-13-9)10(15)11-5-7-2-1-3-16-7/h1-4,6H,5H2,(H,11,15)(H,12,13,14). The van der Waals surface area contributed by atoms with E-state index in [4.69, 9.17) is 4.42 Å². The van der Waals surface area contributed by atoms with Crippen LogP contribution in [0, 0.1) is 0 Å². The predicted molar refractivity (Wildman–Crippen MR) is 54.7 cm³/mol. The molecule has 0 fully saturated rings. The highest BCUT2D eigenvalue weighted by Gasteiger charge is 2.07. The summed E-state index contributed by atoms with van der Waals surface area (Å²) in [5, 5.41) is 2.58. The largest absolute Gasteiger partial charge is 0.467 e. The lowest BCUT2D eigenvalue weighted by molar-refractivity contribution is 0.0942. The predicted octanol–water partition coefficient (Wildman–Crippen LogP) is 0.293. The van der Waals surface area contributed by atoms with Gasteiger partial charge >= 0.3 is 0 Å². The number of rotatable bonds is 3. The van der Waals surface area contributed by atoms with E-state index in [-0.39, 0.29) is 17.8 Å². The molecule has 0 aliphatic rings. The van der Waals surface area contributed by atoms with Gasteiger partial charge in [-0.25, -0.2) is 4.98 Å². The van der Waals surface area contributed by atoms with E-state index >= 15 is 0 Å². The number of furan rings is 1. The molecule has 0 saturated heterocycles. The fourth-order valence-electron chi connectivity index (χ4n) is 1.16. The smallest absolute Gasteiger partial charge is 0.270 e. The summed E-state index contributed by atoms with van der Waals surface area (Å²) in [4.78, 5) is 28.5. The minimum atomic E-state index is -0.414. The summed E-state index contributed by atoms with van der Waals surface area (Å²) in [6.07, 6.45) is 2.71. The number of carbonyl (C=O) groups excluding carboxylic acids is 1. The Bertz CT molecular complexity index is 530. The fourth-order valence-corrected chi connectivity index (χ4v) is 1.16. The van der Waals surface area contributed by atoms with E-state index in [1.165, 1.54) is 12.6 Å². The summed E-state index contributed by atoms with van der Waals surface area (Å²) in [5.41, 5.74) is -0.284. The lowest BCUT2D eigenvalue weighted by atomic mass is 10.3. The van der Waals surface area contributed by atoms with Gasteiger partial charge in [-0.15, -0.1) is 0 Å². The van der Waals surface area contributed by atoms with Gasteiger partial charge in [-0.3, -0.25) is 9.59 Å². The third kappa shape index (κ3) is 2.35. The molecule has 82 valence electrons. The topological polar surface area (TPSA) is 88.0 Å². The van der Waals surface area contributed by atoms with E-state index in [1.807, 2.05) is 0 Å². The molecule has 0 aliphatic carbocycles. The van der Waals surface area contributed by atoms with Gasteiger partial charge in [-0.2, -0.15) is 0 Å². The highest BCUT2D eigenvalue weighted by Crippen LogP contribution is 1.99. The van der Waals surface area contributed by atoms with Crippen molar-refractivity contribution in [2.75, 3.05) is 0 Å². The molecule has 2 heterocycles. The van der Waals surface area contributed by atoms with Crippen LogP contribution in [-0.4, -0.2) is 15.9 Å². The van der Waals surface area contributed by atoms with Gasteiger partial charge < -0.3 is 14.7 Å². The summed E-state index contributed by atoms with van der Waals surface area (Å²) in [6.45, 7) is 0.264. The molecule has 0 saturated carbocycles. The number of H-pyrrole nitrogens is 1. The van der Waals surface area contributed by atoms with Crippen molar-refractivity contribution in [1.29, 1.82) is 0 Å². The van der Waals surface area contributed by atoms with Gasteiger partial charge in [-0.05, 0) is 12.1 Å². The Kier molecular flexibility index (Phi) is 2.81. The third-order valence-corrected chi connectivity index (χ3v) is 1.91. The van der Waals surface area contributed by atoms with Crippen LogP contribution in [0.15, 0.2) is 40.0 Å². The summed E-state index contributed by atoms with van der Waals surface area (Å²) < 4.78 is 5.04.